The molecule has 0 bridgehead atoms. The van der Waals surface area contributed by atoms with Gasteiger partial charge >= 0.3 is 11.9 Å². The van der Waals surface area contributed by atoms with E-state index in [1.54, 1.807) is 7.11 Å². The number of methoxy groups -OCH3 is 1. The van der Waals surface area contributed by atoms with Crippen LogP contribution in [0, 0.1) is 38.9 Å². The van der Waals surface area contributed by atoms with E-state index in [-0.39, 0.29) is 5.95 Å². The molecule has 2 fully saturated rings. The molecule has 0 radical (unpaired) electrons. The van der Waals surface area contributed by atoms with Crippen molar-refractivity contribution in [2.24, 2.45) is 16.2 Å². The van der Waals surface area contributed by atoms with Gasteiger partial charge in [0.15, 0.2) is 0 Å². The Labute approximate surface area is 169 Å². The molecule has 2 aliphatic rings. The third kappa shape index (κ3) is 2.70. The second kappa shape index (κ2) is 6.16. The van der Waals surface area contributed by atoms with Crippen LogP contribution >= 0.6 is 0 Å². The first-order valence-electron chi connectivity index (χ1n) is 9.55. The molecule has 2 aliphatic heterocycles. The quantitative estimate of drug-likeness (QED) is 0.588. The SMILES string of the molecule is COC12O/C(=C(/C#N)C(C)(C)C)O/C(=C(/C#N)C(C)(C)C)N1C(C)(C)C2(C)C. The minimum atomic E-state index is -1.18. The summed E-state index contributed by atoms with van der Waals surface area (Å²) in [5.74, 6) is -0.691. The van der Waals surface area contributed by atoms with E-state index in [0.717, 1.165) is 0 Å². The molecule has 154 valence electrons. The van der Waals surface area contributed by atoms with E-state index in [1.165, 1.54) is 0 Å². The van der Waals surface area contributed by atoms with Crippen LogP contribution in [-0.4, -0.2) is 23.5 Å². The highest BCUT2D eigenvalue weighted by Gasteiger charge is 2.77. The molecule has 6 nitrogen and oxygen atoms in total. The number of hydrogen-bond donors (Lipinski definition) is 0. The summed E-state index contributed by atoms with van der Waals surface area (Å²) >= 11 is 0. The van der Waals surface area contributed by atoms with E-state index in [9.17, 15) is 10.5 Å². The van der Waals surface area contributed by atoms with Gasteiger partial charge in [-0.15, -0.1) is 0 Å². The van der Waals surface area contributed by atoms with E-state index >= 15 is 0 Å². The largest absolute Gasteiger partial charge is 0.411 e. The number of allylic oxidation sites excluding steroid dienone is 2. The number of hydrogen-bond acceptors (Lipinski definition) is 6. The average Bonchev–Trinajstić information content (AvgIpc) is 2.52. The van der Waals surface area contributed by atoms with Crippen molar-refractivity contribution in [2.45, 2.75) is 80.7 Å². The molecule has 0 N–H and O–H groups in total. The molecule has 0 aromatic carbocycles. The molecule has 1 unspecified atom stereocenters. The van der Waals surface area contributed by atoms with Gasteiger partial charge in [-0.05, 0) is 27.7 Å². The van der Waals surface area contributed by atoms with Crippen LogP contribution in [0.15, 0.2) is 23.0 Å². The first-order chi connectivity index (χ1) is 12.5. The summed E-state index contributed by atoms with van der Waals surface area (Å²) in [7, 11) is 1.58. The van der Waals surface area contributed by atoms with Gasteiger partial charge in [-0.2, -0.15) is 10.5 Å². The molecule has 2 rings (SSSR count). The fraction of sp³-hybridized carbons (Fsp3) is 0.727. The summed E-state index contributed by atoms with van der Waals surface area (Å²) in [6.45, 7) is 19.9. The fourth-order valence-electron chi connectivity index (χ4n) is 3.81. The topological polar surface area (TPSA) is 78.5 Å². The van der Waals surface area contributed by atoms with Crippen LogP contribution in [0.5, 0.6) is 0 Å². The summed E-state index contributed by atoms with van der Waals surface area (Å²) in [5.41, 5.74) is -0.976. The van der Waals surface area contributed by atoms with Crippen LogP contribution in [0.1, 0.15) is 69.2 Å². The van der Waals surface area contributed by atoms with Crippen LogP contribution < -0.4 is 0 Å². The van der Waals surface area contributed by atoms with Gasteiger partial charge in [-0.1, -0.05) is 41.5 Å². The van der Waals surface area contributed by atoms with Crippen LogP contribution in [0.25, 0.3) is 0 Å². The third-order valence-corrected chi connectivity index (χ3v) is 6.21. The normalized spacial score (nSPS) is 29.2. The Morgan fingerprint density at radius 1 is 0.929 bits per heavy atom. The Bertz CT molecular complexity index is 823. The minimum absolute atomic E-state index is 0.101. The van der Waals surface area contributed by atoms with Gasteiger partial charge in [0.25, 0.3) is 0 Å². The van der Waals surface area contributed by atoms with Crippen molar-refractivity contribution in [3.63, 3.8) is 0 Å². The number of nitrogens with zero attached hydrogens (tertiary/aromatic N) is 3. The Hall–Kier alpha value is -2.18. The van der Waals surface area contributed by atoms with Crippen molar-refractivity contribution in [1.82, 2.24) is 4.90 Å². The van der Waals surface area contributed by atoms with Crippen LogP contribution in [-0.2, 0) is 14.2 Å². The zero-order chi connectivity index (χ0) is 21.9. The van der Waals surface area contributed by atoms with E-state index in [2.05, 4.69) is 39.8 Å². The molecule has 1 atom stereocenters. The molecule has 28 heavy (non-hydrogen) atoms. The van der Waals surface area contributed by atoms with E-state index in [0.29, 0.717) is 17.0 Å². The van der Waals surface area contributed by atoms with Crippen molar-refractivity contribution in [1.29, 1.82) is 10.5 Å². The Balaban J connectivity index is 2.91. The van der Waals surface area contributed by atoms with Gasteiger partial charge in [-0.25, -0.2) is 0 Å². The highest BCUT2D eigenvalue weighted by molar-refractivity contribution is 5.38. The molecule has 0 aromatic rings. The van der Waals surface area contributed by atoms with Crippen molar-refractivity contribution in [3.8, 4) is 12.1 Å². The number of nitriles is 2. The lowest BCUT2D eigenvalue weighted by atomic mass is 9.60. The van der Waals surface area contributed by atoms with Gasteiger partial charge in [0.05, 0.1) is 16.5 Å². The molecule has 6 heteroatoms. The predicted octanol–water partition coefficient (Wildman–Crippen LogP) is 5.02. The van der Waals surface area contributed by atoms with Crippen molar-refractivity contribution in [2.75, 3.05) is 7.11 Å². The van der Waals surface area contributed by atoms with E-state index in [1.807, 2.05) is 46.4 Å². The number of ether oxygens (including phenoxy) is 3. The van der Waals surface area contributed by atoms with E-state index in [4.69, 9.17) is 14.2 Å². The molecule has 2 heterocycles. The van der Waals surface area contributed by atoms with Crippen LogP contribution in [0.3, 0.4) is 0 Å². The maximum Gasteiger partial charge on any atom is 0.307 e. The Morgan fingerprint density at radius 3 is 1.75 bits per heavy atom. The first-order valence-corrected chi connectivity index (χ1v) is 9.55. The standard InChI is InChI=1S/C22H33N3O3/c1-18(2,3)14(12-23)16-25-21(9,10)20(7,8)22(25,26-11)28-17(27-16)15(13-24)19(4,5)6/h1-11H3/b16-14-,17-15-. The van der Waals surface area contributed by atoms with Gasteiger partial charge in [0, 0.05) is 17.9 Å². The molecule has 0 amide bonds. The summed E-state index contributed by atoms with van der Waals surface area (Å²) < 4.78 is 18.4. The average molecular weight is 388 g/mol. The first kappa shape index (κ1) is 22.1. The second-order valence-electron chi connectivity index (χ2n) is 10.6. The zero-order valence-corrected chi connectivity index (χ0v) is 19.1. The van der Waals surface area contributed by atoms with Crippen molar-refractivity contribution >= 4 is 0 Å². The molecule has 2 saturated heterocycles. The molecule has 0 spiro atoms. The fourth-order valence-corrected chi connectivity index (χ4v) is 3.81. The molecule has 0 saturated carbocycles. The Morgan fingerprint density at radius 2 is 1.39 bits per heavy atom. The predicted molar refractivity (Wildman–Crippen MR) is 106 cm³/mol. The van der Waals surface area contributed by atoms with Crippen LogP contribution in [0.2, 0.25) is 0 Å². The minimum Gasteiger partial charge on any atom is -0.411 e. The van der Waals surface area contributed by atoms with Gasteiger partial charge in [0.1, 0.15) is 17.7 Å². The molecular formula is C22H33N3O3. The molecule has 0 aromatic heterocycles. The van der Waals surface area contributed by atoms with Crippen molar-refractivity contribution in [3.05, 3.63) is 23.0 Å². The summed E-state index contributed by atoms with van der Waals surface area (Å²) in [5, 5.41) is 19.8. The van der Waals surface area contributed by atoms with E-state index < -0.39 is 27.7 Å². The smallest absolute Gasteiger partial charge is 0.307 e. The van der Waals surface area contributed by atoms with Gasteiger partial charge in [-0.3, -0.25) is 4.90 Å². The maximum atomic E-state index is 9.96. The summed E-state index contributed by atoms with van der Waals surface area (Å²) in [6.07, 6.45) is 0. The van der Waals surface area contributed by atoms with Crippen LogP contribution in [0.4, 0.5) is 0 Å². The monoisotopic (exact) mass is 387 g/mol. The lowest BCUT2D eigenvalue weighted by Gasteiger charge is -2.73. The Kier molecular flexibility index (Phi) is 4.86. The summed E-state index contributed by atoms with van der Waals surface area (Å²) in [6, 6.07) is 4.54. The number of rotatable bonds is 1. The van der Waals surface area contributed by atoms with Crippen molar-refractivity contribution < 1.29 is 14.2 Å². The highest BCUT2D eigenvalue weighted by atomic mass is 16.8. The number of fused-ring (bicyclic) bond motifs is 1. The lowest BCUT2D eigenvalue weighted by Crippen LogP contribution is -2.85. The second-order valence-corrected chi connectivity index (χ2v) is 10.6. The lowest BCUT2D eigenvalue weighted by molar-refractivity contribution is -0.476. The molecule has 0 aliphatic carbocycles. The highest BCUT2D eigenvalue weighted by Crippen LogP contribution is 2.65. The maximum absolute atomic E-state index is 9.96. The summed E-state index contributed by atoms with van der Waals surface area (Å²) in [4.78, 5) is 1.89. The van der Waals surface area contributed by atoms with Gasteiger partial charge < -0.3 is 14.2 Å². The zero-order valence-electron chi connectivity index (χ0n) is 19.1. The third-order valence-electron chi connectivity index (χ3n) is 6.21. The molecular weight excluding hydrogens is 354 g/mol. The van der Waals surface area contributed by atoms with Gasteiger partial charge in [0.2, 0.25) is 5.88 Å².